The van der Waals surface area contributed by atoms with E-state index in [9.17, 15) is 4.79 Å². The summed E-state index contributed by atoms with van der Waals surface area (Å²) in [5.74, 6) is 1.52. The lowest BCUT2D eigenvalue weighted by atomic mass is 10.1. The number of nitrogen functional groups attached to an aromatic ring is 1. The summed E-state index contributed by atoms with van der Waals surface area (Å²) in [5, 5.41) is 6.19. The molecular formula is C16H25N3O. The normalized spacial score (nSPS) is 21.7. The van der Waals surface area contributed by atoms with Crippen LogP contribution >= 0.6 is 0 Å². The van der Waals surface area contributed by atoms with Gasteiger partial charge in [0.1, 0.15) is 0 Å². The van der Waals surface area contributed by atoms with Crippen LogP contribution in [0.15, 0.2) is 18.2 Å². The summed E-state index contributed by atoms with van der Waals surface area (Å²) < 4.78 is 0. The van der Waals surface area contributed by atoms with E-state index in [1.54, 1.807) is 6.07 Å². The van der Waals surface area contributed by atoms with Crippen molar-refractivity contribution in [3.63, 3.8) is 0 Å². The molecule has 110 valence electrons. The van der Waals surface area contributed by atoms with Gasteiger partial charge in [-0.25, -0.2) is 0 Å². The predicted octanol–water partition coefficient (Wildman–Crippen LogP) is 2.87. The van der Waals surface area contributed by atoms with Gasteiger partial charge in [-0.2, -0.15) is 0 Å². The fourth-order valence-corrected chi connectivity index (χ4v) is 2.89. The molecule has 0 aromatic heterocycles. The topological polar surface area (TPSA) is 67.2 Å². The van der Waals surface area contributed by atoms with Gasteiger partial charge in [0.2, 0.25) is 0 Å². The number of anilines is 2. The third-order valence-electron chi connectivity index (χ3n) is 4.04. The highest BCUT2D eigenvalue weighted by atomic mass is 16.1. The van der Waals surface area contributed by atoms with E-state index in [-0.39, 0.29) is 5.91 Å². The van der Waals surface area contributed by atoms with Crippen molar-refractivity contribution in [1.29, 1.82) is 0 Å². The fraction of sp³-hybridized carbons (Fsp3) is 0.562. The Labute approximate surface area is 121 Å². The molecule has 2 atom stereocenters. The monoisotopic (exact) mass is 275 g/mol. The number of carbonyl (C=O) groups is 1. The molecule has 0 heterocycles. The van der Waals surface area contributed by atoms with Gasteiger partial charge in [-0.3, -0.25) is 4.79 Å². The van der Waals surface area contributed by atoms with Crippen LogP contribution in [-0.2, 0) is 0 Å². The maximum Gasteiger partial charge on any atom is 0.251 e. The van der Waals surface area contributed by atoms with Gasteiger partial charge in [0, 0.05) is 18.7 Å². The zero-order valence-electron chi connectivity index (χ0n) is 12.4. The van der Waals surface area contributed by atoms with Gasteiger partial charge in [-0.1, -0.05) is 13.3 Å². The van der Waals surface area contributed by atoms with E-state index in [1.165, 1.54) is 19.3 Å². The molecule has 2 rings (SSSR count). The molecule has 1 fully saturated rings. The molecule has 1 aliphatic carbocycles. The first-order valence-electron chi connectivity index (χ1n) is 7.51. The number of nitrogens with one attached hydrogen (secondary N) is 2. The molecule has 1 aromatic carbocycles. The Morgan fingerprint density at radius 3 is 2.80 bits per heavy atom. The summed E-state index contributed by atoms with van der Waals surface area (Å²) in [4.78, 5) is 11.7. The molecule has 4 nitrogen and oxygen atoms in total. The number of hydrogen-bond donors (Lipinski definition) is 3. The Bertz CT molecular complexity index is 473. The summed E-state index contributed by atoms with van der Waals surface area (Å²) in [6.45, 7) is 5.81. The number of carbonyl (C=O) groups excluding carboxylic acids is 1. The van der Waals surface area contributed by atoms with Gasteiger partial charge in [0.15, 0.2) is 0 Å². The molecule has 0 aliphatic heterocycles. The average molecular weight is 275 g/mol. The summed E-state index contributed by atoms with van der Waals surface area (Å²) >= 11 is 0. The maximum absolute atomic E-state index is 11.7. The highest BCUT2D eigenvalue weighted by Gasteiger charge is 2.21. The average Bonchev–Trinajstić information content (AvgIpc) is 2.83. The predicted molar refractivity (Wildman–Crippen MR) is 83.9 cm³/mol. The molecule has 4 N–H and O–H groups in total. The van der Waals surface area contributed by atoms with Crippen molar-refractivity contribution in [2.75, 3.05) is 24.1 Å². The molecule has 0 radical (unpaired) electrons. The van der Waals surface area contributed by atoms with Crippen LogP contribution in [0.2, 0.25) is 0 Å². The SMILES string of the molecule is CCNC(=O)c1ccc(NCC2CCC(C)C2)c(N)c1. The van der Waals surface area contributed by atoms with E-state index in [0.29, 0.717) is 17.8 Å². The number of hydrogen-bond acceptors (Lipinski definition) is 3. The Morgan fingerprint density at radius 2 is 2.20 bits per heavy atom. The lowest BCUT2D eigenvalue weighted by Crippen LogP contribution is -2.22. The first kappa shape index (κ1) is 14.7. The van der Waals surface area contributed by atoms with Crippen LogP contribution in [0.1, 0.15) is 43.5 Å². The second kappa shape index (κ2) is 6.64. The van der Waals surface area contributed by atoms with Crippen LogP contribution in [0.25, 0.3) is 0 Å². The molecule has 2 unspecified atom stereocenters. The van der Waals surface area contributed by atoms with Gasteiger partial charge in [-0.05, 0) is 49.8 Å². The van der Waals surface area contributed by atoms with E-state index in [2.05, 4.69) is 17.6 Å². The van der Waals surface area contributed by atoms with Crippen LogP contribution in [0.3, 0.4) is 0 Å². The minimum absolute atomic E-state index is 0.0737. The molecule has 1 saturated carbocycles. The van der Waals surface area contributed by atoms with Crippen molar-refractivity contribution in [2.45, 2.75) is 33.1 Å². The number of rotatable bonds is 5. The first-order valence-corrected chi connectivity index (χ1v) is 7.51. The largest absolute Gasteiger partial charge is 0.397 e. The summed E-state index contributed by atoms with van der Waals surface area (Å²) in [6, 6.07) is 5.46. The van der Waals surface area contributed by atoms with Gasteiger partial charge in [0.05, 0.1) is 11.4 Å². The molecule has 1 amide bonds. The number of amides is 1. The number of benzene rings is 1. The minimum atomic E-state index is -0.0737. The third kappa shape index (κ3) is 3.65. The molecule has 4 heteroatoms. The van der Waals surface area contributed by atoms with Crippen molar-refractivity contribution in [3.8, 4) is 0 Å². The Kier molecular flexibility index (Phi) is 4.88. The Morgan fingerprint density at radius 1 is 1.40 bits per heavy atom. The van der Waals surface area contributed by atoms with Crippen molar-refractivity contribution < 1.29 is 4.79 Å². The van der Waals surface area contributed by atoms with E-state index in [4.69, 9.17) is 5.73 Å². The minimum Gasteiger partial charge on any atom is -0.397 e. The van der Waals surface area contributed by atoms with Crippen LogP contribution in [0.4, 0.5) is 11.4 Å². The smallest absolute Gasteiger partial charge is 0.251 e. The standard InChI is InChI=1S/C16H25N3O/c1-3-18-16(20)13-6-7-15(14(17)9-13)19-10-12-5-4-11(2)8-12/h6-7,9,11-12,19H,3-5,8,10,17H2,1-2H3,(H,18,20). The van der Waals surface area contributed by atoms with E-state index < -0.39 is 0 Å². The third-order valence-corrected chi connectivity index (χ3v) is 4.04. The van der Waals surface area contributed by atoms with E-state index in [1.807, 2.05) is 19.1 Å². The van der Waals surface area contributed by atoms with Crippen LogP contribution in [0, 0.1) is 11.8 Å². The van der Waals surface area contributed by atoms with Crippen molar-refractivity contribution in [3.05, 3.63) is 23.8 Å². The maximum atomic E-state index is 11.7. The van der Waals surface area contributed by atoms with Crippen LogP contribution in [0.5, 0.6) is 0 Å². The van der Waals surface area contributed by atoms with Gasteiger partial charge < -0.3 is 16.4 Å². The lowest BCUT2D eigenvalue weighted by Gasteiger charge is -2.14. The van der Waals surface area contributed by atoms with Gasteiger partial charge in [-0.15, -0.1) is 0 Å². The zero-order valence-corrected chi connectivity index (χ0v) is 12.4. The summed E-state index contributed by atoms with van der Waals surface area (Å²) in [6.07, 6.45) is 3.92. The van der Waals surface area contributed by atoms with E-state index in [0.717, 1.165) is 24.1 Å². The van der Waals surface area contributed by atoms with E-state index >= 15 is 0 Å². The molecule has 0 spiro atoms. The Balaban J connectivity index is 1.94. The highest BCUT2D eigenvalue weighted by molar-refractivity contribution is 5.96. The molecule has 1 aliphatic rings. The zero-order chi connectivity index (χ0) is 14.5. The van der Waals surface area contributed by atoms with Crippen molar-refractivity contribution in [1.82, 2.24) is 5.32 Å². The second-order valence-corrected chi connectivity index (χ2v) is 5.83. The van der Waals surface area contributed by atoms with Gasteiger partial charge in [0.25, 0.3) is 5.91 Å². The Hall–Kier alpha value is -1.71. The molecule has 1 aromatic rings. The van der Waals surface area contributed by atoms with Gasteiger partial charge >= 0.3 is 0 Å². The van der Waals surface area contributed by atoms with Crippen molar-refractivity contribution >= 4 is 17.3 Å². The second-order valence-electron chi connectivity index (χ2n) is 5.83. The van der Waals surface area contributed by atoms with Crippen LogP contribution in [-0.4, -0.2) is 19.0 Å². The molecular weight excluding hydrogens is 250 g/mol. The van der Waals surface area contributed by atoms with Crippen molar-refractivity contribution in [2.24, 2.45) is 11.8 Å². The lowest BCUT2D eigenvalue weighted by molar-refractivity contribution is 0.0956. The summed E-state index contributed by atoms with van der Waals surface area (Å²) in [5.41, 5.74) is 8.21. The first-order chi connectivity index (χ1) is 9.60. The molecule has 0 saturated heterocycles. The fourth-order valence-electron chi connectivity index (χ4n) is 2.89. The van der Waals surface area contributed by atoms with Crippen LogP contribution < -0.4 is 16.4 Å². The molecule has 20 heavy (non-hydrogen) atoms. The molecule has 0 bridgehead atoms. The quantitative estimate of drug-likeness (QED) is 0.724. The highest BCUT2D eigenvalue weighted by Crippen LogP contribution is 2.31. The number of nitrogens with two attached hydrogens (primary N) is 1. The summed E-state index contributed by atoms with van der Waals surface area (Å²) in [7, 11) is 0.